The molecule has 0 unspecified atom stereocenters. The van der Waals surface area contributed by atoms with Crippen LogP contribution in [0, 0.1) is 0 Å². The number of pyridine rings is 1. The van der Waals surface area contributed by atoms with Crippen LogP contribution in [0.5, 0.6) is 0 Å². The van der Waals surface area contributed by atoms with Crippen LogP contribution in [0.2, 0.25) is 0 Å². The number of nitrogens with one attached hydrogen (secondary N) is 3. The van der Waals surface area contributed by atoms with Gasteiger partial charge in [-0.2, -0.15) is 26.3 Å². The van der Waals surface area contributed by atoms with Crippen molar-refractivity contribution in [3.8, 4) is 0 Å². The summed E-state index contributed by atoms with van der Waals surface area (Å²) in [6.07, 6.45) is -10.2. The number of hydrogen-bond donors (Lipinski definition) is 3. The van der Waals surface area contributed by atoms with E-state index in [0.29, 0.717) is 36.1 Å². The third-order valence-electron chi connectivity index (χ3n) is 5.81. The Hall–Kier alpha value is -4.13. The second kappa shape index (κ2) is 9.39. The largest absolute Gasteiger partial charge is 0.430 e. The van der Waals surface area contributed by atoms with Gasteiger partial charge in [0.1, 0.15) is 5.82 Å². The number of benzene rings is 2. The molecule has 4 rings (SSSR count). The summed E-state index contributed by atoms with van der Waals surface area (Å²) in [4.78, 5) is 29.0. The van der Waals surface area contributed by atoms with E-state index in [1.54, 1.807) is 18.2 Å². The van der Waals surface area contributed by atoms with Gasteiger partial charge in [0.2, 0.25) is 0 Å². The summed E-state index contributed by atoms with van der Waals surface area (Å²) in [7, 11) is 0.321. The molecule has 1 aromatic heterocycles. The normalized spacial score (nSPS) is 13.6. The number of rotatable bonds is 6. The minimum atomic E-state index is -5.79. The van der Waals surface area contributed by atoms with Crippen molar-refractivity contribution in [1.29, 1.82) is 0 Å². The molecule has 0 aliphatic carbocycles. The molecule has 0 spiro atoms. The van der Waals surface area contributed by atoms with E-state index < -0.39 is 29.4 Å². The topological polar surface area (TPSA) is 92.3 Å². The van der Waals surface area contributed by atoms with Crippen molar-refractivity contribution in [3.05, 3.63) is 83.0 Å². The van der Waals surface area contributed by atoms with E-state index in [-0.39, 0.29) is 29.5 Å². The lowest BCUT2D eigenvalue weighted by atomic mass is 9.91. The van der Waals surface area contributed by atoms with Gasteiger partial charge in [-0.1, -0.05) is 18.2 Å². The van der Waals surface area contributed by atoms with Crippen LogP contribution in [0.4, 0.5) is 43.5 Å². The number of methoxy groups -OCH3 is 1. The maximum Gasteiger partial charge on any atom is 0.430 e. The van der Waals surface area contributed by atoms with Crippen LogP contribution in [0.1, 0.15) is 31.8 Å². The number of aromatic nitrogens is 1. The number of carbonyl (C=O) groups is 2. The number of alkyl halides is 6. The minimum absolute atomic E-state index is 0.0401. The van der Waals surface area contributed by atoms with Crippen LogP contribution in [-0.2, 0) is 16.9 Å². The summed E-state index contributed by atoms with van der Waals surface area (Å²) in [6, 6.07) is 10.9. The first-order valence-corrected chi connectivity index (χ1v) is 10.6. The highest BCUT2D eigenvalue weighted by Crippen LogP contribution is 2.52. The molecule has 194 valence electrons. The van der Waals surface area contributed by atoms with Crippen LogP contribution in [0.25, 0.3) is 0 Å². The molecule has 0 atom stereocenters. The van der Waals surface area contributed by atoms with Crippen molar-refractivity contribution in [2.75, 3.05) is 17.7 Å². The number of halogens is 6. The van der Waals surface area contributed by atoms with Crippen LogP contribution in [-0.4, -0.2) is 36.3 Å². The highest BCUT2D eigenvalue weighted by atomic mass is 19.4. The fraction of sp³-hybridized carbons (Fsp3) is 0.208. The van der Waals surface area contributed by atoms with Gasteiger partial charge in [-0.05, 0) is 36.4 Å². The molecule has 0 bridgehead atoms. The summed E-state index contributed by atoms with van der Waals surface area (Å²) in [5.41, 5.74) is -4.07. The molecule has 37 heavy (non-hydrogen) atoms. The number of anilines is 3. The SMILES string of the molecule is COC(c1ccc(NC(=O)c2cccnc2Nc2cccc3c2CNC3=O)cc1)(C(F)(F)F)C(F)(F)F. The molecule has 2 amide bonds. The van der Waals surface area contributed by atoms with Gasteiger partial charge in [0.25, 0.3) is 17.4 Å². The quantitative estimate of drug-likeness (QED) is 0.382. The van der Waals surface area contributed by atoms with Crippen molar-refractivity contribution >= 4 is 29.0 Å². The van der Waals surface area contributed by atoms with E-state index in [4.69, 9.17) is 0 Å². The maximum atomic E-state index is 13.5. The number of carbonyl (C=O) groups excluding carboxylic acids is 2. The van der Waals surface area contributed by atoms with Gasteiger partial charge in [-0.3, -0.25) is 9.59 Å². The molecule has 13 heteroatoms. The van der Waals surface area contributed by atoms with Gasteiger partial charge >= 0.3 is 12.4 Å². The molecule has 2 aromatic carbocycles. The zero-order chi connectivity index (χ0) is 27.0. The van der Waals surface area contributed by atoms with Gasteiger partial charge in [-0.15, -0.1) is 0 Å². The highest BCUT2D eigenvalue weighted by Gasteiger charge is 2.73. The van der Waals surface area contributed by atoms with Crippen molar-refractivity contribution < 1.29 is 40.7 Å². The van der Waals surface area contributed by atoms with Crippen LogP contribution in [0.15, 0.2) is 60.8 Å². The first-order valence-electron chi connectivity index (χ1n) is 10.6. The first kappa shape index (κ1) is 25.9. The molecular formula is C24H18F6N4O3. The monoisotopic (exact) mass is 524 g/mol. The van der Waals surface area contributed by atoms with Gasteiger partial charge in [0.05, 0.1) is 5.56 Å². The van der Waals surface area contributed by atoms with Gasteiger partial charge in [0, 0.05) is 47.9 Å². The summed E-state index contributed by atoms with van der Waals surface area (Å²) >= 11 is 0. The second-order valence-electron chi connectivity index (χ2n) is 7.95. The first-order chi connectivity index (χ1) is 17.4. The molecule has 3 aromatic rings. The molecule has 0 radical (unpaired) electrons. The summed E-state index contributed by atoms with van der Waals surface area (Å²) in [5.74, 6) is -0.846. The fourth-order valence-electron chi connectivity index (χ4n) is 4.01. The average molecular weight is 524 g/mol. The lowest BCUT2D eigenvalue weighted by Crippen LogP contribution is -2.55. The predicted octanol–water partition coefficient (Wildman–Crippen LogP) is 5.29. The second-order valence-corrected chi connectivity index (χ2v) is 7.95. The number of ether oxygens (including phenoxy) is 1. The summed E-state index contributed by atoms with van der Waals surface area (Å²) in [6.45, 7) is 0.275. The van der Waals surface area contributed by atoms with Crippen LogP contribution < -0.4 is 16.0 Å². The lowest BCUT2D eigenvalue weighted by Gasteiger charge is -2.36. The Morgan fingerprint density at radius 2 is 1.65 bits per heavy atom. The van der Waals surface area contributed by atoms with E-state index in [2.05, 4.69) is 25.7 Å². The molecule has 0 saturated carbocycles. The number of hydrogen-bond acceptors (Lipinski definition) is 5. The molecule has 0 fully saturated rings. The Morgan fingerprint density at radius 3 is 2.27 bits per heavy atom. The maximum absolute atomic E-state index is 13.5. The third-order valence-corrected chi connectivity index (χ3v) is 5.81. The predicted molar refractivity (Wildman–Crippen MR) is 120 cm³/mol. The zero-order valence-electron chi connectivity index (χ0n) is 18.9. The summed E-state index contributed by atoms with van der Waals surface area (Å²) < 4.78 is 84.8. The Morgan fingerprint density at radius 1 is 0.973 bits per heavy atom. The smallest absolute Gasteiger partial charge is 0.357 e. The van der Waals surface area contributed by atoms with Crippen LogP contribution >= 0.6 is 0 Å². The lowest BCUT2D eigenvalue weighted by molar-refractivity contribution is -0.383. The minimum Gasteiger partial charge on any atom is -0.357 e. The zero-order valence-corrected chi connectivity index (χ0v) is 18.9. The number of fused-ring (bicyclic) bond motifs is 1. The fourth-order valence-corrected chi connectivity index (χ4v) is 4.01. The average Bonchev–Trinajstić information content (AvgIpc) is 3.21. The van der Waals surface area contributed by atoms with E-state index in [0.717, 1.165) is 12.1 Å². The van der Waals surface area contributed by atoms with Crippen molar-refractivity contribution in [2.24, 2.45) is 0 Å². The summed E-state index contributed by atoms with van der Waals surface area (Å²) in [5, 5.41) is 8.12. The molecule has 1 aliphatic rings. The standard InChI is InChI=1S/C24H18F6N4O3/c1-37-22(23(25,26)27,24(28,29)30)13-7-9-14(10-8-13)33-21(36)16-5-3-11-31-19(16)34-18-6-2-4-15-17(18)12-32-20(15)35/h2-11H,12H2,1H3,(H,31,34)(H,32,35)(H,33,36). The van der Waals surface area contributed by atoms with Gasteiger partial charge < -0.3 is 20.7 Å². The molecule has 1 aliphatic heterocycles. The van der Waals surface area contributed by atoms with Gasteiger partial charge in [-0.25, -0.2) is 4.98 Å². The molecule has 0 saturated heterocycles. The van der Waals surface area contributed by atoms with Gasteiger partial charge in [0.15, 0.2) is 0 Å². The Labute approximate surface area is 205 Å². The Bertz CT molecular complexity index is 1330. The molecular weight excluding hydrogens is 506 g/mol. The van der Waals surface area contributed by atoms with E-state index in [9.17, 15) is 35.9 Å². The van der Waals surface area contributed by atoms with E-state index >= 15 is 0 Å². The number of amides is 2. The number of nitrogens with zero attached hydrogens (tertiary/aromatic N) is 1. The van der Waals surface area contributed by atoms with Crippen molar-refractivity contribution in [1.82, 2.24) is 10.3 Å². The molecule has 2 heterocycles. The Balaban J connectivity index is 1.59. The Kier molecular flexibility index (Phi) is 6.59. The van der Waals surface area contributed by atoms with E-state index in [1.807, 2.05) is 0 Å². The molecule has 3 N–H and O–H groups in total. The van der Waals surface area contributed by atoms with Crippen LogP contribution in [0.3, 0.4) is 0 Å². The molecule has 7 nitrogen and oxygen atoms in total. The van der Waals surface area contributed by atoms with Crippen molar-refractivity contribution in [3.63, 3.8) is 0 Å². The van der Waals surface area contributed by atoms with E-state index in [1.165, 1.54) is 18.3 Å². The highest BCUT2D eigenvalue weighted by molar-refractivity contribution is 6.08. The third kappa shape index (κ3) is 4.57. The van der Waals surface area contributed by atoms with Crippen molar-refractivity contribution in [2.45, 2.75) is 24.5 Å².